The minimum Gasteiger partial charge on any atom is -0.494 e. The van der Waals surface area contributed by atoms with Gasteiger partial charge in [-0.25, -0.2) is 23.1 Å². The number of nitrogens with one attached hydrogen (secondary N) is 2. The zero-order chi connectivity index (χ0) is 24.1. The van der Waals surface area contributed by atoms with E-state index in [0.717, 1.165) is 18.4 Å². The highest BCUT2D eigenvalue weighted by atomic mass is 19.1. The van der Waals surface area contributed by atoms with Crippen molar-refractivity contribution >= 4 is 16.7 Å². The molecule has 2 N–H and O–H groups in total. The van der Waals surface area contributed by atoms with Gasteiger partial charge >= 0.3 is 0 Å². The highest BCUT2D eigenvalue weighted by Gasteiger charge is 2.35. The van der Waals surface area contributed by atoms with Gasteiger partial charge in [-0.2, -0.15) is 0 Å². The van der Waals surface area contributed by atoms with Gasteiger partial charge in [0.05, 0.1) is 18.3 Å². The summed E-state index contributed by atoms with van der Waals surface area (Å²) < 4.78 is 47.9. The van der Waals surface area contributed by atoms with E-state index in [1.54, 1.807) is 18.3 Å². The van der Waals surface area contributed by atoms with Crippen LogP contribution in [0.3, 0.4) is 0 Å². The van der Waals surface area contributed by atoms with E-state index in [-0.39, 0.29) is 11.3 Å². The summed E-state index contributed by atoms with van der Waals surface area (Å²) in [7, 11) is 1.41. The van der Waals surface area contributed by atoms with E-state index in [1.807, 2.05) is 6.07 Å². The number of fused-ring (bicyclic) bond motifs is 4. The predicted octanol–water partition coefficient (Wildman–Crippen LogP) is 6.71. The van der Waals surface area contributed by atoms with Gasteiger partial charge in [-0.05, 0) is 55.4 Å². The van der Waals surface area contributed by atoms with Crippen LogP contribution in [0.15, 0.2) is 42.6 Å². The molecule has 4 aromatic rings. The minimum atomic E-state index is -0.684. The van der Waals surface area contributed by atoms with Gasteiger partial charge in [0.2, 0.25) is 0 Å². The van der Waals surface area contributed by atoms with Crippen LogP contribution in [0.4, 0.5) is 19.0 Å². The zero-order valence-electron chi connectivity index (χ0n) is 19.2. The molecule has 0 spiro atoms. The van der Waals surface area contributed by atoms with E-state index in [0.29, 0.717) is 45.8 Å². The summed E-state index contributed by atoms with van der Waals surface area (Å²) >= 11 is 0. The number of halogens is 3. The third-order valence-electron chi connectivity index (χ3n) is 7.50. The second kappa shape index (κ2) is 8.59. The lowest BCUT2D eigenvalue weighted by atomic mass is 9.68. The Balaban J connectivity index is 1.46. The van der Waals surface area contributed by atoms with Crippen molar-refractivity contribution in [3.05, 3.63) is 60.0 Å². The second-order valence-corrected chi connectivity index (χ2v) is 9.59. The lowest BCUT2D eigenvalue weighted by molar-refractivity contribution is 0.157. The van der Waals surface area contributed by atoms with Gasteiger partial charge in [0.15, 0.2) is 17.4 Å². The molecule has 2 heterocycles. The summed E-state index contributed by atoms with van der Waals surface area (Å²) in [6.45, 7) is 0. The monoisotopic (exact) mass is 478 g/mol. The standard InChI is InChI=1S/C27H25F3N4O/c1-35-24-7-6-16(9-20(24)29)23-12-25(32-22-8-14-2-4-15(22)5-3-14)34-27(33-23)19-13-31-26-18(19)10-17(28)11-21(26)30/h6-7,9-15,22,31H,2-5,8H2,1H3,(H,32,33,34). The van der Waals surface area contributed by atoms with E-state index >= 15 is 0 Å². The van der Waals surface area contributed by atoms with Crippen LogP contribution >= 0.6 is 0 Å². The molecule has 3 aliphatic carbocycles. The maximum atomic E-state index is 14.5. The smallest absolute Gasteiger partial charge is 0.165 e. The first-order chi connectivity index (χ1) is 17.0. The quantitative estimate of drug-likeness (QED) is 0.335. The maximum absolute atomic E-state index is 14.5. The molecule has 0 aliphatic heterocycles. The number of aromatic nitrogens is 3. The number of hydrogen-bond donors (Lipinski definition) is 2. The topological polar surface area (TPSA) is 62.8 Å². The molecule has 8 heteroatoms. The molecule has 0 saturated heterocycles. The van der Waals surface area contributed by atoms with Gasteiger partial charge < -0.3 is 15.0 Å². The number of hydrogen-bond acceptors (Lipinski definition) is 4. The van der Waals surface area contributed by atoms with Crippen LogP contribution in [-0.4, -0.2) is 28.1 Å². The van der Waals surface area contributed by atoms with E-state index in [4.69, 9.17) is 9.72 Å². The average Bonchev–Trinajstić information content (AvgIpc) is 3.29. The van der Waals surface area contributed by atoms with Crippen molar-refractivity contribution in [1.29, 1.82) is 0 Å². The van der Waals surface area contributed by atoms with E-state index in [1.165, 1.54) is 44.9 Å². The van der Waals surface area contributed by atoms with E-state index < -0.39 is 17.5 Å². The fourth-order valence-corrected chi connectivity index (χ4v) is 5.70. The molecule has 3 aliphatic rings. The highest BCUT2D eigenvalue weighted by Crippen LogP contribution is 2.42. The van der Waals surface area contributed by atoms with Crippen LogP contribution in [-0.2, 0) is 0 Å². The fourth-order valence-electron chi connectivity index (χ4n) is 5.70. The van der Waals surface area contributed by atoms with Crippen molar-refractivity contribution in [3.8, 4) is 28.4 Å². The zero-order valence-corrected chi connectivity index (χ0v) is 19.2. The van der Waals surface area contributed by atoms with Crippen molar-refractivity contribution < 1.29 is 17.9 Å². The first-order valence-corrected chi connectivity index (χ1v) is 11.9. The highest BCUT2D eigenvalue weighted by molar-refractivity contribution is 5.94. The largest absolute Gasteiger partial charge is 0.494 e. The van der Waals surface area contributed by atoms with Crippen LogP contribution in [0.1, 0.15) is 32.1 Å². The summed E-state index contributed by atoms with van der Waals surface area (Å²) in [6.07, 6.45) is 7.64. The van der Waals surface area contributed by atoms with Gasteiger partial charge in [-0.1, -0.05) is 12.8 Å². The minimum absolute atomic E-state index is 0.141. The van der Waals surface area contributed by atoms with Crippen molar-refractivity contribution in [2.45, 2.75) is 38.1 Å². The molecule has 5 nitrogen and oxygen atoms in total. The first kappa shape index (κ1) is 21.9. The Labute approximate surface area is 200 Å². The molecule has 7 rings (SSSR count). The summed E-state index contributed by atoms with van der Waals surface area (Å²) in [5, 5.41) is 3.96. The predicted molar refractivity (Wildman–Crippen MR) is 129 cm³/mol. The van der Waals surface area contributed by atoms with Crippen molar-refractivity contribution in [2.24, 2.45) is 11.8 Å². The summed E-state index contributed by atoms with van der Waals surface area (Å²) in [4.78, 5) is 12.3. The SMILES string of the molecule is COc1ccc(-c2cc(NC3CC4CCC3CC4)nc(-c3c[nH]c4c(F)cc(F)cc34)n2)cc1F. The number of benzene rings is 2. The molecule has 0 amide bonds. The molecule has 1 atom stereocenters. The number of nitrogens with zero attached hydrogens (tertiary/aromatic N) is 2. The Kier molecular flexibility index (Phi) is 5.39. The third kappa shape index (κ3) is 4.00. The van der Waals surface area contributed by atoms with Crippen molar-refractivity contribution in [1.82, 2.24) is 15.0 Å². The number of anilines is 1. The van der Waals surface area contributed by atoms with E-state index in [2.05, 4.69) is 15.3 Å². The lowest BCUT2D eigenvalue weighted by Gasteiger charge is -2.42. The Morgan fingerprint density at radius 2 is 1.80 bits per heavy atom. The van der Waals surface area contributed by atoms with Crippen LogP contribution < -0.4 is 10.1 Å². The number of ether oxygens (including phenoxy) is 1. The number of methoxy groups -OCH3 is 1. The Hall–Kier alpha value is -3.55. The second-order valence-electron chi connectivity index (χ2n) is 9.59. The van der Waals surface area contributed by atoms with Crippen LogP contribution in [0.5, 0.6) is 5.75 Å². The first-order valence-electron chi connectivity index (χ1n) is 11.9. The third-order valence-corrected chi connectivity index (χ3v) is 7.50. The lowest BCUT2D eigenvalue weighted by Crippen LogP contribution is -2.40. The summed E-state index contributed by atoms with van der Waals surface area (Å²) in [5.74, 6) is 0.522. The van der Waals surface area contributed by atoms with Crippen LogP contribution in [0, 0.1) is 29.3 Å². The van der Waals surface area contributed by atoms with Crippen molar-refractivity contribution in [3.63, 3.8) is 0 Å². The normalized spacial score (nSPS) is 21.4. The number of aromatic amines is 1. The molecule has 3 saturated carbocycles. The summed E-state index contributed by atoms with van der Waals surface area (Å²) in [5.41, 5.74) is 1.72. The molecule has 180 valence electrons. The van der Waals surface area contributed by atoms with Gasteiger partial charge in [-0.3, -0.25) is 0 Å². The number of rotatable bonds is 5. The molecule has 2 aromatic heterocycles. The molecule has 3 fully saturated rings. The molecular weight excluding hydrogens is 453 g/mol. The maximum Gasteiger partial charge on any atom is 0.165 e. The molecular formula is C27H25F3N4O. The molecule has 2 aromatic carbocycles. The van der Waals surface area contributed by atoms with Gasteiger partial charge in [0.1, 0.15) is 17.5 Å². The number of H-pyrrole nitrogens is 1. The Morgan fingerprint density at radius 1 is 0.971 bits per heavy atom. The van der Waals surface area contributed by atoms with Crippen LogP contribution in [0.25, 0.3) is 33.5 Å². The van der Waals surface area contributed by atoms with Crippen LogP contribution in [0.2, 0.25) is 0 Å². The van der Waals surface area contributed by atoms with E-state index in [9.17, 15) is 13.2 Å². The van der Waals surface area contributed by atoms with Gasteiger partial charge in [0, 0.05) is 40.9 Å². The molecule has 35 heavy (non-hydrogen) atoms. The Morgan fingerprint density at radius 3 is 2.51 bits per heavy atom. The van der Waals surface area contributed by atoms with Crippen molar-refractivity contribution in [2.75, 3.05) is 12.4 Å². The molecule has 0 radical (unpaired) electrons. The Bertz CT molecular complexity index is 1410. The fraction of sp³-hybridized carbons (Fsp3) is 0.333. The van der Waals surface area contributed by atoms with Gasteiger partial charge in [-0.15, -0.1) is 0 Å². The average molecular weight is 479 g/mol. The molecule has 1 unspecified atom stereocenters. The summed E-state index contributed by atoms with van der Waals surface area (Å²) in [6, 6.07) is 8.87. The van der Waals surface area contributed by atoms with Gasteiger partial charge in [0.25, 0.3) is 0 Å². The molecule has 2 bridgehead atoms.